The number of hydrogen-bond donors (Lipinski definition) is 3. The third kappa shape index (κ3) is 4.94. The zero-order valence-electron chi connectivity index (χ0n) is 9.26. The van der Waals surface area contributed by atoms with Crippen molar-refractivity contribution in [3.05, 3.63) is 0 Å². The third-order valence-corrected chi connectivity index (χ3v) is 2.88. The average molecular weight is 200 g/mol. The fourth-order valence-electron chi connectivity index (χ4n) is 1.99. The van der Waals surface area contributed by atoms with Crippen LogP contribution in [0.3, 0.4) is 0 Å². The van der Waals surface area contributed by atoms with Crippen molar-refractivity contribution >= 4 is 0 Å². The Hall–Kier alpha value is -0.120. The quantitative estimate of drug-likeness (QED) is 0.596. The number of nitrogens with one attached hydrogen (secondary N) is 2. The number of likely N-dealkylation sites (N-methyl/N-ethyl adjacent to an activating group) is 1. The van der Waals surface area contributed by atoms with Crippen molar-refractivity contribution in [1.29, 1.82) is 0 Å². The van der Waals surface area contributed by atoms with Crippen molar-refractivity contribution < 1.29 is 5.11 Å². The number of rotatable bonds is 6. The van der Waals surface area contributed by atoms with Gasteiger partial charge in [-0.25, -0.2) is 0 Å². The van der Waals surface area contributed by atoms with Gasteiger partial charge in [-0.15, -0.1) is 0 Å². The van der Waals surface area contributed by atoms with Gasteiger partial charge in [-0.1, -0.05) is 26.2 Å². The van der Waals surface area contributed by atoms with E-state index in [0.29, 0.717) is 12.6 Å². The van der Waals surface area contributed by atoms with E-state index in [-0.39, 0.29) is 6.10 Å². The summed E-state index contributed by atoms with van der Waals surface area (Å²) in [4.78, 5) is 0. The Labute approximate surface area is 87.3 Å². The first-order valence-electron chi connectivity index (χ1n) is 5.95. The molecule has 0 aromatic carbocycles. The van der Waals surface area contributed by atoms with Gasteiger partial charge in [-0.3, -0.25) is 0 Å². The lowest BCUT2D eigenvalue weighted by Gasteiger charge is -2.24. The second-order valence-corrected chi connectivity index (χ2v) is 4.20. The molecule has 3 heteroatoms. The fraction of sp³-hybridized carbons (Fsp3) is 1.00. The molecule has 84 valence electrons. The Morgan fingerprint density at radius 2 is 1.93 bits per heavy atom. The monoisotopic (exact) mass is 200 g/mol. The largest absolute Gasteiger partial charge is 0.390 e. The van der Waals surface area contributed by atoms with Gasteiger partial charge in [0.05, 0.1) is 6.10 Å². The molecule has 0 spiro atoms. The van der Waals surface area contributed by atoms with Crippen LogP contribution >= 0.6 is 0 Å². The minimum atomic E-state index is -0.239. The molecule has 0 aliphatic heterocycles. The molecule has 0 aromatic heterocycles. The molecule has 3 nitrogen and oxygen atoms in total. The van der Waals surface area contributed by atoms with Crippen LogP contribution in [0, 0.1) is 0 Å². The highest BCUT2D eigenvalue weighted by molar-refractivity contribution is 4.74. The predicted molar refractivity (Wildman–Crippen MR) is 59.4 cm³/mol. The lowest BCUT2D eigenvalue weighted by molar-refractivity contribution is 0.161. The van der Waals surface area contributed by atoms with E-state index in [9.17, 15) is 5.11 Å². The summed E-state index contributed by atoms with van der Waals surface area (Å²) in [6.07, 6.45) is 6.42. The van der Waals surface area contributed by atoms with Crippen molar-refractivity contribution in [1.82, 2.24) is 10.6 Å². The molecule has 1 atom stereocenters. The minimum Gasteiger partial charge on any atom is -0.390 e. The molecule has 0 amide bonds. The molecule has 1 saturated carbocycles. The number of aliphatic hydroxyl groups is 1. The smallest absolute Gasteiger partial charge is 0.0788 e. The van der Waals surface area contributed by atoms with E-state index in [0.717, 1.165) is 13.1 Å². The summed E-state index contributed by atoms with van der Waals surface area (Å²) in [7, 11) is 0. The highest BCUT2D eigenvalue weighted by atomic mass is 16.3. The van der Waals surface area contributed by atoms with Crippen LogP contribution in [0.25, 0.3) is 0 Å². The van der Waals surface area contributed by atoms with Gasteiger partial charge in [0, 0.05) is 19.1 Å². The van der Waals surface area contributed by atoms with Crippen molar-refractivity contribution in [2.24, 2.45) is 0 Å². The predicted octanol–water partition coefficient (Wildman–Crippen LogP) is 0.879. The molecule has 0 aromatic rings. The van der Waals surface area contributed by atoms with Gasteiger partial charge < -0.3 is 15.7 Å². The van der Waals surface area contributed by atoms with Crippen LogP contribution in [0.1, 0.15) is 39.0 Å². The van der Waals surface area contributed by atoms with Gasteiger partial charge in [0.2, 0.25) is 0 Å². The first kappa shape index (κ1) is 12.0. The Bertz CT molecular complexity index is 135. The van der Waals surface area contributed by atoms with Crippen LogP contribution in [0.4, 0.5) is 0 Å². The molecular weight excluding hydrogens is 176 g/mol. The molecule has 0 bridgehead atoms. The van der Waals surface area contributed by atoms with Crippen LogP contribution in [0.15, 0.2) is 0 Å². The van der Waals surface area contributed by atoms with Crippen LogP contribution in [0.2, 0.25) is 0 Å². The maximum absolute atomic E-state index is 9.59. The number of aliphatic hydroxyl groups excluding tert-OH is 1. The molecule has 3 N–H and O–H groups in total. The lowest BCUT2D eigenvalue weighted by atomic mass is 9.95. The standard InChI is InChI=1S/C11H24N2O/c1-2-12-8-11(14)9-13-10-6-4-3-5-7-10/h10-14H,2-9H2,1H3. The molecule has 1 fully saturated rings. The van der Waals surface area contributed by atoms with Crippen LogP contribution < -0.4 is 10.6 Å². The minimum absolute atomic E-state index is 0.239. The van der Waals surface area contributed by atoms with Gasteiger partial charge in [-0.05, 0) is 19.4 Å². The summed E-state index contributed by atoms with van der Waals surface area (Å²) < 4.78 is 0. The van der Waals surface area contributed by atoms with Crippen molar-refractivity contribution in [2.45, 2.75) is 51.2 Å². The van der Waals surface area contributed by atoms with Gasteiger partial charge >= 0.3 is 0 Å². The van der Waals surface area contributed by atoms with Crippen LogP contribution in [-0.4, -0.2) is 36.9 Å². The second kappa shape index (κ2) is 7.21. The van der Waals surface area contributed by atoms with Crippen molar-refractivity contribution in [2.75, 3.05) is 19.6 Å². The van der Waals surface area contributed by atoms with Crippen LogP contribution in [0.5, 0.6) is 0 Å². The molecule has 0 saturated heterocycles. The summed E-state index contributed by atoms with van der Waals surface area (Å²) in [6, 6.07) is 0.653. The van der Waals surface area contributed by atoms with Crippen molar-refractivity contribution in [3.8, 4) is 0 Å². The number of hydrogen-bond acceptors (Lipinski definition) is 3. The molecule has 0 heterocycles. The van der Waals surface area contributed by atoms with Gasteiger partial charge in [0.1, 0.15) is 0 Å². The van der Waals surface area contributed by atoms with E-state index in [1.807, 2.05) is 0 Å². The fourth-order valence-corrected chi connectivity index (χ4v) is 1.99. The zero-order valence-corrected chi connectivity index (χ0v) is 9.26. The maximum Gasteiger partial charge on any atom is 0.0788 e. The summed E-state index contributed by atoms with van der Waals surface area (Å²) in [5, 5.41) is 16.2. The highest BCUT2D eigenvalue weighted by Gasteiger charge is 2.13. The molecule has 1 unspecified atom stereocenters. The van der Waals surface area contributed by atoms with Crippen LogP contribution in [-0.2, 0) is 0 Å². The molecule has 14 heavy (non-hydrogen) atoms. The topological polar surface area (TPSA) is 44.3 Å². The molecule has 1 rings (SSSR count). The summed E-state index contributed by atoms with van der Waals surface area (Å²) in [5.41, 5.74) is 0. The lowest BCUT2D eigenvalue weighted by Crippen LogP contribution is -2.40. The highest BCUT2D eigenvalue weighted by Crippen LogP contribution is 2.17. The molecule has 1 aliphatic carbocycles. The van der Waals surface area contributed by atoms with E-state index < -0.39 is 0 Å². The van der Waals surface area contributed by atoms with E-state index in [2.05, 4.69) is 17.6 Å². The first-order chi connectivity index (χ1) is 6.83. The van der Waals surface area contributed by atoms with Gasteiger partial charge in [0.25, 0.3) is 0 Å². The Balaban J connectivity index is 2.00. The van der Waals surface area contributed by atoms with E-state index >= 15 is 0 Å². The summed E-state index contributed by atoms with van der Waals surface area (Å²) in [5.74, 6) is 0. The van der Waals surface area contributed by atoms with Crippen molar-refractivity contribution in [3.63, 3.8) is 0 Å². The van der Waals surface area contributed by atoms with Gasteiger partial charge in [0.15, 0.2) is 0 Å². The van der Waals surface area contributed by atoms with E-state index in [4.69, 9.17) is 0 Å². The Morgan fingerprint density at radius 3 is 2.57 bits per heavy atom. The SMILES string of the molecule is CCNCC(O)CNC1CCCCC1. The first-order valence-corrected chi connectivity index (χ1v) is 5.95. The Morgan fingerprint density at radius 1 is 1.21 bits per heavy atom. The summed E-state index contributed by atoms with van der Waals surface area (Å²) >= 11 is 0. The summed E-state index contributed by atoms with van der Waals surface area (Å²) in [6.45, 7) is 4.43. The van der Waals surface area contributed by atoms with E-state index in [1.54, 1.807) is 0 Å². The third-order valence-electron chi connectivity index (χ3n) is 2.88. The second-order valence-electron chi connectivity index (χ2n) is 4.20. The maximum atomic E-state index is 9.59. The zero-order chi connectivity index (χ0) is 10.2. The van der Waals surface area contributed by atoms with E-state index in [1.165, 1.54) is 32.1 Å². The normalized spacial score (nSPS) is 21.0. The molecule has 1 aliphatic rings. The molecular formula is C11H24N2O. The van der Waals surface area contributed by atoms with Gasteiger partial charge in [-0.2, -0.15) is 0 Å². The Kier molecular flexibility index (Phi) is 6.15. The molecule has 0 radical (unpaired) electrons. The average Bonchev–Trinajstić information content (AvgIpc) is 2.25.